The number of ketones is 1. The second-order valence-corrected chi connectivity index (χ2v) is 7.55. The van der Waals surface area contributed by atoms with Crippen molar-refractivity contribution in [2.75, 3.05) is 26.2 Å². The average Bonchev–Trinajstić information content (AvgIpc) is 3.22. The average molecular weight is 379 g/mol. The normalized spacial score (nSPS) is 21.3. The van der Waals surface area contributed by atoms with Crippen molar-refractivity contribution in [2.45, 2.75) is 45.4 Å². The fourth-order valence-electron chi connectivity index (χ4n) is 4.02. The van der Waals surface area contributed by atoms with Crippen molar-refractivity contribution in [1.82, 2.24) is 10.2 Å². The summed E-state index contributed by atoms with van der Waals surface area (Å²) < 4.78 is 0. The third-order valence-corrected chi connectivity index (χ3v) is 5.65. The van der Waals surface area contributed by atoms with E-state index in [9.17, 15) is 9.59 Å². The van der Waals surface area contributed by atoms with Crippen LogP contribution in [0.4, 0.5) is 0 Å². The summed E-state index contributed by atoms with van der Waals surface area (Å²) in [6.45, 7) is 5.97. The highest BCUT2D eigenvalue weighted by Gasteiger charge is 2.37. The minimum absolute atomic E-state index is 0. The third-order valence-electron chi connectivity index (χ3n) is 5.65. The number of likely N-dealkylation sites (tertiary alicyclic amines) is 1. The number of rotatable bonds is 8. The molecule has 2 fully saturated rings. The third kappa shape index (κ3) is 5.31. The monoisotopic (exact) mass is 378 g/mol. The highest BCUT2D eigenvalue weighted by atomic mass is 35.5. The molecule has 0 unspecified atom stereocenters. The first-order chi connectivity index (χ1) is 12.2. The predicted octanol–water partition coefficient (Wildman–Crippen LogP) is 3.48. The number of nitrogens with zero attached hydrogens (tertiary/aromatic N) is 1. The number of aryl methyl sites for hydroxylation is 1. The van der Waals surface area contributed by atoms with Crippen molar-refractivity contribution in [1.29, 1.82) is 0 Å². The van der Waals surface area contributed by atoms with Crippen molar-refractivity contribution in [3.63, 3.8) is 0 Å². The van der Waals surface area contributed by atoms with E-state index in [2.05, 4.69) is 24.4 Å². The molecule has 0 radical (unpaired) electrons. The summed E-state index contributed by atoms with van der Waals surface area (Å²) in [5, 5.41) is 3.38. The van der Waals surface area contributed by atoms with E-state index in [1.807, 2.05) is 17.0 Å². The number of hydrogen-bond donors (Lipinski definition) is 1. The van der Waals surface area contributed by atoms with Crippen LogP contribution >= 0.6 is 12.4 Å². The van der Waals surface area contributed by atoms with Gasteiger partial charge in [0, 0.05) is 44.6 Å². The topological polar surface area (TPSA) is 49.4 Å². The standard InChI is InChI=1S/C21H30N2O2.ClH/c1-2-3-4-5-16-6-8-17(9-7-16)20(24)10-11-21(25)23-14-18-12-22-13-19(18)15-23;/h6-9,18-19,22H,2-5,10-15H2,1H3;1H/t18-,19+;. The van der Waals surface area contributed by atoms with Gasteiger partial charge in [-0.3, -0.25) is 9.59 Å². The minimum Gasteiger partial charge on any atom is -0.342 e. The predicted molar refractivity (Wildman–Crippen MR) is 107 cm³/mol. The smallest absolute Gasteiger partial charge is 0.223 e. The number of Topliss-reactive ketones (excluding diaryl/α,β-unsaturated/α-hetero) is 1. The minimum atomic E-state index is 0. The molecule has 0 bridgehead atoms. The maximum absolute atomic E-state index is 12.4. The number of halogens is 1. The van der Waals surface area contributed by atoms with E-state index in [-0.39, 0.29) is 24.1 Å². The van der Waals surface area contributed by atoms with Crippen molar-refractivity contribution in [3.05, 3.63) is 35.4 Å². The quantitative estimate of drug-likeness (QED) is 0.556. The second-order valence-electron chi connectivity index (χ2n) is 7.55. The molecule has 1 aromatic rings. The van der Waals surface area contributed by atoms with E-state index in [4.69, 9.17) is 0 Å². The molecule has 0 saturated carbocycles. The van der Waals surface area contributed by atoms with Gasteiger partial charge in [0.15, 0.2) is 5.78 Å². The number of unbranched alkanes of at least 4 members (excludes halogenated alkanes) is 2. The molecule has 26 heavy (non-hydrogen) atoms. The molecule has 1 aromatic carbocycles. The molecule has 4 nitrogen and oxygen atoms in total. The molecule has 0 spiro atoms. The van der Waals surface area contributed by atoms with E-state index >= 15 is 0 Å². The maximum atomic E-state index is 12.4. The number of nitrogens with one attached hydrogen (secondary N) is 1. The molecule has 5 heteroatoms. The Morgan fingerprint density at radius 1 is 1.04 bits per heavy atom. The molecule has 2 atom stereocenters. The van der Waals surface area contributed by atoms with Crippen LogP contribution in [-0.2, 0) is 11.2 Å². The fraction of sp³-hybridized carbons (Fsp3) is 0.619. The van der Waals surface area contributed by atoms with E-state index in [0.29, 0.717) is 24.7 Å². The van der Waals surface area contributed by atoms with Gasteiger partial charge in [-0.25, -0.2) is 0 Å². The lowest BCUT2D eigenvalue weighted by atomic mass is 10.0. The lowest BCUT2D eigenvalue weighted by molar-refractivity contribution is -0.130. The van der Waals surface area contributed by atoms with Crippen LogP contribution in [-0.4, -0.2) is 42.8 Å². The number of carbonyl (C=O) groups is 2. The highest BCUT2D eigenvalue weighted by Crippen LogP contribution is 2.26. The Morgan fingerprint density at radius 3 is 2.31 bits per heavy atom. The Labute approximate surface area is 163 Å². The van der Waals surface area contributed by atoms with Crippen LogP contribution in [0.1, 0.15) is 54.9 Å². The number of hydrogen-bond acceptors (Lipinski definition) is 3. The van der Waals surface area contributed by atoms with Gasteiger partial charge in [-0.05, 0) is 30.2 Å². The van der Waals surface area contributed by atoms with Crippen molar-refractivity contribution >= 4 is 24.1 Å². The molecule has 144 valence electrons. The summed E-state index contributed by atoms with van der Waals surface area (Å²) in [7, 11) is 0. The molecule has 2 aliphatic heterocycles. The van der Waals surface area contributed by atoms with Crippen LogP contribution < -0.4 is 5.32 Å². The van der Waals surface area contributed by atoms with Crippen molar-refractivity contribution in [3.8, 4) is 0 Å². The van der Waals surface area contributed by atoms with Crippen LogP contribution in [0, 0.1) is 11.8 Å². The van der Waals surface area contributed by atoms with Gasteiger partial charge in [-0.2, -0.15) is 0 Å². The zero-order valence-electron chi connectivity index (χ0n) is 15.7. The lowest BCUT2D eigenvalue weighted by Gasteiger charge is -2.17. The first-order valence-electron chi connectivity index (χ1n) is 9.78. The SMILES string of the molecule is CCCCCc1ccc(C(=O)CCC(=O)N2C[C@H]3CNC[C@H]3C2)cc1.Cl. The molecule has 1 N–H and O–H groups in total. The largest absolute Gasteiger partial charge is 0.342 e. The van der Waals surface area contributed by atoms with Gasteiger partial charge in [0.2, 0.25) is 5.91 Å². The van der Waals surface area contributed by atoms with Gasteiger partial charge in [-0.1, -0.05) is 44.0 Å². The number of benzene rings is 1. The van der Waals surface area contributed by atoms with Crippen LogP contribution in [0.2, 0.25) is 0 Å². The zero-order chi connectivity index (χ0) is 17.6. The first-order valence-corrected chi connectivity index (χ1v) is 9.78. The molecular formula is C21H31ClN2O2. The van der Waals surface area contributed by atoms with Crippen molar-refractivity contribution in [2.24, 2.45) is 11.8 Å². The second kappa shape index (κ2) is 10.1. The lowest BCUT2D eigenvalue weighted by Crippen LogP contribution is -2.32. The van der Waals surface area contributed by atoms with Gasteiger partial charge in [0.25, 0.3) is 0 Å². The van der Waals surface area contributed by atoms with Crippen molar-refractivity contribution < 1.29 is 9.59 Å². The summed E-state index contributed by atoms with van der Waals surface area (Å²) in [6.07, 6.45) is 5.40. The summed E-state index contributed by atoms with van der Waals surface area (Å²) in [4.78, 5) is 26.7. The summed E-state index contributed by atoms with van der Waals surface area (Å²) in [5.74, 6) is 1.44. The van der Waals surface area contributed by atoms with Gasteiger partial charge in [-0.15, -0.1) is 12.4 Å². The maximum Gasteiger partial charge on any atom is 0.223 e. The molecule has 2 aliphatic rings. The summed E-state index contributed by atoms with van der Waals surface area (Å²) in [6, 6.07) is 7.94. The molecule has 2 saturated heterocycles. The van der Waals surface area contributed by atoms with E-state index < -0.39 is 0 Å². The summed E-state index contributed by atoms with van der Waals surface area (Å²) in [5.41, 5.74) is 2.02. The van der Waals surface area contributed by atoms with E-state index in [1.165, 1.54) is 24.8 Å². The Balaban J connectivity index is 0.00000243. The fourth-order valence-corrected chi connectivity index (χ4v) is 4.02. The van der Waals surface area contributed by atoms with Crippen LogP contribution in [0.5, 0.6) is 0 Å². The van der Waals surface area contributed by atoms with Crippen LogP contribution in [0.25, 0.3) is 0 Å². The molecule has 2 heterocycles. The Bertz CT molecular complexity index is 591. The molecule has 3 rings (SSSR count). The van der Waals surface area contributed by atoms with E-state index in [0.717, 1.165) is 38.2 Å². The van der Waals surface area contributed by atoms with Crippen LogP contribution in [0.15, 0.2) is 24.3 Å². The van der Waals surface area contributed by atoms with Gasteiger partial charge >= 0.3 is 0 Å². The molecule has 1 amide bonds. The first kappa shape index (κ1) is 20.9. The van der Waals surface area contributed by atoms with E-state index in [1.54, 1.807) is 0 Å². The number of fused-ring (bicyclic) bond motifs is 1. The van der Waals surface area contributed by atoms with Crippen LogP contribution in [0.3, 0.4) is 0 Å². The summed E-state index contributed by atoms with van der Waals surface area (Å²) >= 11 is 0. The number of carbonyl (C=O) groups excluding carboxylic acids is 2. The Morgan fingerprint density at radius 2 is 1.69 bits per heavy atom. The zero-order valence-corrected chi connectivity index (χ0v) is 16.5. The Kier molecular flexibility index (Phi) is 8.11. The Hall–Kier alpha value is -1.39. The van der Waals surface area contributed by atoms with Gasteiger partial charge in [0.05, 0.1) is 0 Å². The van der Waals surface area contributed by atoms with Gasteiger partial charge < -0.3 is 10.2 Å². The molecular weight excluding hydrogens is 348 g/mol. The molecule has 0 aliphatic carbocycles. The van der Waals surface area contributed by atoms with Gasteiger partial charge in [0.1, 0.15) is 0 Å². The molecule has 0 aromatic heterocycles. The number of amides is 1. The highest BCUT2D eigenvalue weighted by molar-refractivity contribution is 5.98.